The van der Waals surface area contributed by atoms with Crippen molar-refractivity contribution in [2.45, 2.75) is 46.3 Å². The lowest BCUT2D eigenvalue weighted by Crippen LogP contribution is -2.49. The highest BCUT2D eigenvalue weighted by Crippen LogP contribution is 2.37. The Morgan fingerprint density at radius 1 is 1.09 bits per heavy atom. The van der Waals surface area contributed by atoms with Crippen molar-refractivity contribution in [3.8, 4) is 16.9 Å². The van der Waals surface area contributed by atoms with Gasteiger partial charge in [0.25, 0.3) is 11.1 Å². The number of hydrogen-bond donors (Lipinski definition) is 3. The van der Waals surface area contributed by atoms with E-state index in [1.165, 1.54) is 20.4 Å². The number of pyridine rings is 3. The first-order chi connectivity index (χ1) is 21.6. The number of fused-ring (bicyclic) bond motifs is 3. The van der Waals surface area contributed by atoms with E-state index in [2.05, 4.69) is 46.3 Å². The van der Waals surface area contributed by atoms with E-state index in [-0.39, 0.29) is 36.6 Å². The number of aryl methyl sites for hydroxylation is 1. The highest BCUT2D eigenvalue weighted by Gasteiger charge is 2.32. The van der Waals surface area contributed by atoms with Gasteiger partial charge in [0.2, 0.25) is 0 Å². The lowest BCUT2D eigenvalue weighted by atomic mass is 9.90. The second-order valence-corrected chi connectivity index (χ2v) is 13.0. The van der Waals surface area contributed by atoms with Crippen molar-refractivity contribution in [1.29, 1.82) is 0 Å². The molecule has 3 N–H and O–H groups in total. The summed E-state index contributed by atoms with van der Waals surface area (Å²) in [6.07, 6.45) is 10.6. The van der Waals surface area contributed by atoms with Gasteiger partial charge in [-0.3, -0.25) is 14.2 Å². The Kier molecular flexibility index (Phi) is 8.30. The Morgan fingerprint density at radius 3 is 2.65 bits per heavy atom. The second-order valence-electron chi connectivity index (χ2n) is 13.0. The van der Waals surface area contributed by atoms with Gasteiger partial charge >= 0.3 is 0 Å². The molecule has 1 saturated heterocycles. The van der Waals surface area contributed by atoms with Crippen LogP contribution in [0.2, 0.25) is 0 Å². The van der Waals surface area contributed by atoms with Gasteiger partial charge in [-0.25, -0.2) is 9.97 Å². The van der Waals surface area contributed by atoms with Crippen LogP contribution in [0.15, 0.2) is 70.9 Å². The minimum Gasteiger partial charge on any atom is -0.392 e. The van der Waals surface area contributed by atoms with Gasteiger partial charge in [0, 0.05) is 74.3 Å². The predicted molar refractivity (Wildman–Crippen MR) is 186 cm³/mol. The third-order valence-corrected chi connectivity index (χ3v) is 9.11. The molecule has 0 unspecified atom stereocenters. The fourth-order valence-corrected chi connectivity index (χ4v) is 6.88. The lowest BCUT2D eigenvalue weighted by Gasteiger charge is -2.35. The molecule has 5 aromatic heterocycles. The molecule has 0 radical (unpaired) electrons. The molecule has 1 aliphatic heterocycles. The summed E-state index contributed by atoms with van der Waals surface area (Å²) >= 11 is 0. The van der Waals surface area contributed by atoms with Crippen LogP contribution in [0.4, 0.5) is 17.2 Å². The van der Waals surface area contributed by atoms with Gasteiger partial charge in [-0.15, -0.1) is 0 Å². The van der Waals surface area contributed by atoms with E-state index in [0.717, 1.165) is 38.2 Å². The number of aliphatic hydroxyl groups excluding tert-OH is 1. The van der Waals surface area contributed by atoms with Crippen LogP contribution in [0.25, 0.3) is 22.5 Å². The maximum absolute atomic E-state index is 13.8. The average molecular weight is 641 g/mol. The van der Waals surface area contributed by atoms with Crippen molar-refractivity contribution in [3.05, 3.63) is 98.8 Å². The predicted octanol–water partition coefficient (Wildman–Crippen LogP) is 3.52. The monoisotopic (exact) mass is 640 g/mol. The van der Waals surface area contributed by atoms with Crippen LogP contribution < -0.4 is 26.7 Å². The third-order valence-electron chi connectivity index (χ3n) is 9.11. The SMILES string of the molecule is C[C@H]1CNCCN1c1ccc(Nc2cc(-c3ccnc(-n4ccn5c6c(cc5c4=O)CC(C)(C)C6)c3CO)cn(C)c2=O)nc1.S. The Hall–Kier alpha value is -4.39. The summed E-state index contributed by atoms with van der Waals surface area (Å²) < 4.78 is 4.98. The van der Waals surface area contributed by atoms with Gasteiger partial charge in [0.15, 0.2) is 0 Å². The van der Waals surface area contributed by atoms with Gasteiger partial charge in [-0.2, -0.15) is 13.5 Å². The number of nitrogens with one attached hydrogen (secondary N) is 2. The van der Waals surface area contributed by atoms with Gasteiger partial charge in [-0.1, -0.05) is 13.8 Å². The van der Waals surface area contributed by atoms with Crippen molar-refractivity contribution in [2.24, 2.45) is 12.5 Å². The Bertz CT molecular complexity index is 2050. The molecule has 1 aliphatic carbocycles. The highest BCUT2D eigenvalue weighted by molar-refractivity contribution is 7.59. The van der Waals surface area contributed by atoms with Crippen molar-refractivity contribution in [1.82, 2.24) is 28.8 Å². The summed E-state index contributed by atoms with van der Waals surface area (Å²) in [5, 5.41) is 17.2. The van der Waals surface area contributed by atoms with Crippen LogP contribution in [0.3, 0.4) is 0 Å². The first kappa shape index (κ1) is 31.6. The molecule has 1 atom stereocenters. The van der Waals surface area contributed by atoms with Crippen LogP contribution in [0.1, 0.15) is 37.6 Å². The maximum atomic E-state index is 13.8. The average Bonchev–Trinajstić information content (AvgIpc) is 3.52. The van der Waals surface area contributed by atoms with E-state index in [4.69, 9.17) is 0 Å². The smallest absolute Gasteiger partial charge is 0.280 e. The number of nitrogens with zero attached hydrogens (tertiary/aromatic N) is 6. The Labute approximate surface area is 274 Å². The minimum absolute atomic E-state index is 0. The maximum Gasteiger partial charge on any atom is 0.280 e. The first-order valence-corrected chi connectivity index (χ1v) is 15.4. The first-order valence-electron chi connectivity index (χ1n) is 15.4. The largest absolute Gasteiger partial charge is 0.392 e. The molecule has 0 spiro atoms. The number of anilines is 3. The summed E-state index contributed by atoms with van der Waals surface area (Å²) in [6, 6.07) is 9.78. The van der Waals surface area contributed by atoms with Crippen molar-refractivity contribution in [3.63, 3.8) is 0 Å². The summed E-state index contributed by atoms with van der Waals surface area (Å²) in [7, 11) is 1.69. The van der Waals surface area contributed by atoms with Gasteiger partial charge in [-0.05, 0) is 66.6 Å². The van der Waals surface area contributed by atoms with Crippen LogP contribution in [0, 0.1) is 5.41 Å². The summed E-state index contributed by atoms with van der Waals surface area (Å²) in [4.78, 5) is 38.4. The second kappa shape index (κ2) is 12.1. The molecule has 240 valence electrons. The summed E-state index contributed by atoms with van der Waals surface area (Å²) in [5.41, 5.74) is 5.96. The normalized spacial score (nSPS) is 17.2. The summed E-state index contributed by atoms with van der Waals surface area (Å²) in [6.45, 7) is 9.07. The Morgan fingerprint density at radius 2 is 1.91 bits per heavy atom. The van der Waals surface area contributed by atoms with E-state index >= 15 is 0 Å². The zero-order valence-electron chi connectivity index (χ0n) is 26.5. The van der Waals surface area contributed by atoms with E-state index in [9.17, 15) is 14.7 Å². The van der Waals surface area contributed by atoms with E-state index in [1.54, 1.807) is 37.8 Å². The van der Waals surface area contributed by atoms with Crippen molar-refractivity contribution >= 4 is 36.2 Å². The Balaban J connectivity index is 0.00000372. The number of aliphatic hydroxyl groups is 1. The fraction of sp³-hybridized carbons (Fsp3) is 0.353. The molecule has 7 rings (SSSR count). The number of aromatic nitrogens is 5. The van der Waals surface area contributed by atoms with E-state index < -0.39 is 0 Å². The molecule has 46 heavy (non-hydrogen) atoms. The standard InChI is InChI=1S/C34H38N8O3.H2S/c1-21-17-35-9-10-40(21)24-5-6-30(37-18-24)38-27-13-23(19-39(4)32(27)44)25-7-8-36-31(26(25)20-43)42-12-11-41-28(33(42)45)14-22-15-34(2,3)16-29(22)41;/h5-8,11-14,18-19,21,35,43H,9-10,15-17,20H2,1-4H3,(H,37,38);1H2/t21-;/m0./s1. The molecular formula is C34H40N8O3S. The molecule has 0 aromatic carbocycles. The molecule has 0 bridgehead atoms. The molecule has 5 aromatic rings. The zero-order chi connectivity index (χ0) is 31.5. The lowest BCUT2D eigenvalue weighted by molar-refractivity contribution is 0.281. The van der Waals surface area contributed by atoms with Gasteiger partial charge in [0.05, 0.1) is 18.5 Å². The zero-order valence-corrected chi connectivity index (χ0v) is 27.5. The topological polar surface area (TPSA) is 122 Å². The molecule has 0 amide bonds. The molecule has 11 nitrogen and oxygen atoms in total. The number of hydrogen-bond acceptors (Lipinski definition) is 8. The quantitative estimate of drug-likeness (QED) is 0.258. The van der Waals surface area contributed by atoms with Crippen LogP contribution in [0.5, 0.6) is 0 Å². The van der Waals surface area contributed by atoms with Crippen LogP contribution >= 0.6 is 13.5 Å². The van der Waals surface area contributed by atoms with E-state index in [1.807, 2.05) is 35.0 Å². The number of rotatable bonds is 6. The minimum atomic E-state index is -0.346. The summed E-state index contributed by atoms with van der Waals surface area (Å²) in [5.74, 6) is 0.905. The molecule has 1 fully saturated rings. The highest BCUT2D eigenvalue weighted by atomic mass is 32.1. The third kappa shape index (κ3) is 5.50. The van der Waals surface area contributed by atoms with Gasteiger partial charge in [0.1, 0.15) is 22.8 Å². The van der Waals surface area contributed by atoms with Gasteiger partial charge < -0.3 is 29.6 Å². The van der Waals surface area contributed by atoms with Crippen LogP contribution in [-0.4, -0.2) is 54.3 Å². The molecule has 0 saturated carbocycles. The van der Waals surface area contributed by atoms with Crippen LogP contribution in [-0.2, 0) is 26.5 Å². The fourth-order valence-electron chi connectivity index (χ4n) is 6.88. The molecule has 2 aliphatic rings. The number of piperazine rings is 1. The molecular weight excluding hydrogens is 600 g/mol. The van der Waals surface area contributed by atoms with Crippen molar-refractivity contribution < 1.29 is 5.11 Å². The van der Waals surface area contributed by atoms with E-state index in [0.29, 0.717) is 45.6 Å². The molecule has 12 heteroatoms. The molecule has 6 heterocycles. The van der Waals surface area contributed by atoms with Crippen molar-refractivity contribution in [2.75, 3.05) is 29.9 Å².